The predicted octanol–water partition coefficient (Wildman–Crippen LogP) is 3.46. The van der Waals surface area contributed by atoms with E-state index < -0.39 is 0 Å². The second kappa shape index (κ2) is 6.15. The van der Waals surface area contributed by atoms with Crippen molar-refractivity contribution in [1.29, 1.82) is 0 Å². The van der Waals surface area contributed by atoms with Gasteiger partial charge in [0, 0.05) is 32.2 Å². The van der Waals surface area contributed by atoms with Crippen LogP contribution in [0.2, 0.25) is 0 Å². The Bertz CT molecular complexity index is 498. The summed E-state index contributed by atoms with van der Waals surface area (Å²) in [4.78, 5) is 10.5. The molecule has 0 saturated heterocycles. The molecule has 0 amide bonds. The lowest BCUT2D eigenvalue weighted by atomic mass is 10.1. The Kier molecular flexibility index (Phi) is 4.84. The second-order valence-corrected chi connectivity index (χ2v) is 4.42. The van der Waals surface area contributed by atoms with E-state index in [1.807, 2.05) is 31.1 Å². The molecule has 1 heterocycles. The van der Waals surface area contributed by atoms with E-state index in [0.29, 0.717) is 0 Å². The maximum absolute atomic E-state index is 4.51. The molecule has 0 spiro atoms. The number of nitrogens with zero attached hydrogens (tertiary/aromatic N) is 3. The highest BCUT2D eigenvalue weighted by atomic mass is 15.2. The molecule has 1 aromatic rings. The first kappa shape index (κ1) is 14.2. The van der Waals surface area contributed by atoms with E-state index >= 15 is 0 Å². The van der Waals surface area contributed by atoms with E-state index in [2.05, 4.69) is 36.5 Å². The average molecular weight is 243 g/mol. The van der Waals surface area contributed by atoms with Crippen LogP contribution in [-0.4, -0.2) is 25.3 Å². The first-order valence-corrected chi connectivity index (χ1v) is 5.92. The van der Waals surface area contributed by atoms with E-state index in [1.165, 1.54) is 0 Å². The fraction of sp³-hybridized carbons (Fsp3) is 0.333. The fourth-order valence-corrected chi connectivity index (χ4v) is 1.60. The minimum atomic E-state index is 0.947. The van der Waals surface area contributed by atoms with Gasteiger partial charge in [0.25, 0.3) is 0 Å². The maximum Gasteiger partial charge on any atom is 0.135 e. The summed E-state index contributed by atoms with van der Waals surface area (Å²) in [5.74, 6) is 0.947. The van der Waals surface area contributed by atoms with Gasteiger partial charge in [-0.1, -0.05) is 6.58 Å². The molecule has 0 saturated carbocycles. The van der Waals surface area contributed by atoms with Gasteiger partial charge in [-0.3, -0.25) is 4.99 Å². The highest BCUT2D eigenvalue weighted by molar-refractivity contribution is 5.83. The van der Waals surface area contributed by atoms with Gasteiger partial charge in [-0.25, -0.2) is 4.98 Å². The van der Waals surface area contributed by atoms with Gasteiger partial charge in [0.15, 0.2) is 0 Å². The van der Waals surface area contributed by atoms with Crippen molar-refractivity contribution in [2.24, 2.45) is 4.99 Å². The normalized spacial score (nSPS) is 11.9. The smallest absolute Gasteiger partial charge is 0.135 e. The molecule has 0 aliphatic carbocycles. The number of anilines is 1. The highest BCUT2D eigenvalue weighted by Gasteiger charge is 2.07. The number of allylic oxidation sites excluding steroid dienone is 3. The number of hydrogen-bond donors (Lipinski definition) is 0. The third kappa shape index (κ3) is 3.29. The molecule has 3 heteroatoms. The zero-order valence-corrected chi connectivity index (χ0v) is 11.9. The molecular formula is C15H21N3. The summed E-state index contributed by atoms with van der Waals surface area (Å²) >= 11 is 0. The van der Waals surface area contributed by atoms with Crippen molar-refractivity contribution in [1.82, 2.24) is 4.98 Å². The lowest BCUT2D eigenvalue weighted by molar-refractivity contribution is 1.03. The molecule has 0 aromatic carbocycles. The van der Waals surface area contributed by atoms with Crippen LogP contribution in [0.3, 0.4) is 0 Å². The van der Waals surface area contributed by atoms with Crippen LogP contribution < -0.4 is 4.90 Å². The van der Waals surface area contributed by atoms with Crippen molar-refractivity contribution < 1.29 is 0 Å². The van der Waals surface area contributed by atoms with E-state index in [0.717, 1.165) is 28.2 Å². The molecule has 0 fully saturated rings. The molecule has 0 aliphatic heterocycles. The average Bonchev–Trinajstić information content (AvgIpc) is 2.34. The third-order valence-electron chi connectivity index (χ3n) is 2.87. The summed E-state index contributed by atoms with van der Waals surface area (Å²) in [6.07, 6.45) is 5.66. The standard InChI is InChI=1S/C15H21N3/c1-11(2)18(6)15-13(4)9-14(10-17-15)12(3)7-8-16-5/h7-10H,1H2,2-6H3/b12-7+,16-8?. The highest BCUT2D eigenvalue weighted by Crippen LogP contribution is 2.22. The Hall–Kier alpha value is -1.90. The van der Waals surface area contributed by atoms with Gasteiger partial charge < -0.3 is 4.90 Å². The number of rotatable bonds is 4. The van der Waals surface area contributed by atoms with Crippen molar-refractivity contribution in [2.75, 3.05) is 19.0 Å². The van der Waals surface area contributed by atoms with Crippen molar-refractivity contribution >= 4 is 17.6 Å². The van der Waals surface area contributed by atoms with Crippen LogP contribution in [0.25, 0.3) is 5.57 Å². The SMILES string of the molecule is C=C(C)N(C)c1ncc(/C(C)=C/C=NC)cc1C. The Balaban J connectivity index is 3.10. The minimum Gasteiger partial charge on any atom is -0.334 e. The molecule has 3 nitrogen and oxygen atoms in total. The quantitative estimate of drug-likeness (QED) is 0.758. The zero-order valence-electron chi connectivity index (χ0n) is 11.9. The molecule has 0 unspecified atom stereocenters. The van der Waals surface area contributed by atoms with E-state index in [1.54, 1.807) is 13.3 Å². The Morgan fingerprint density at radius 3 is 2.61 bits per heavy atom. The summed E-state index contributed by atoms with van der Waals surface area (Å²) in [7, 11) is 3.74. The van der Waals surface area contributed by atoms with Gasteiger partial charge >= 0.3 is 0 Å². The fourth-order valence-electron chi connectivity index (χ4n) is 1.60. The summed E-state index contributed by atoms with van der Waals surface area (Å²) in [6, 6.07) is 2.14. The predicted molar refractivity (Wildman–Crippen MR) is 80.3 cm³/mol. The molecule has 0 atom stereocenters. The van der Waals surface area contributed by atoms with Crippen molar-refractivity contribution in [3.05, 3.63) is 41.7 Å². The zero-order chi connectivity index (χ0) is 13.7. The number of aromatic nitrogens is 1. The van der Waals surface area contributed by atoms with Gasteiger partial charge in [-0.15, -0.1) is 0 Å². The summed E-state index contributed by atoms with van der Waals surface area (Å²) in [5, 5.41) is 0. The molecule has 1 rings (SSSR count). The largest absolute Gasteiger partial charge is 0.334 e. The monoisotopic (exact) mass is 243 g/mol. The molecule has 18 heavy (non-hydrogen) atoms. The topological polar surface area (TPSA) is 28.5 Å². The Morgan fingerprint density at radius 2 is 2.11 bits per heavy atom. The van der Waals surface area contributed by atoms with E-state index in [9.17, 15) is 0 Å². The Morgan fingerprint density at radius 1 is 1.44 bits per heavy atom. The van der Waals surface area contributed by atoms with Crippen LogP contribution in [0.5, 0.6) is 0 Å². The molecule has 0 aliphatic rings. The first-order valence-electron chi connectivity index (χ1n) is 5.92. The number of aliphatic imine (C=N–C) groups is 1. The first-order chi connectivity index (χ1) is 8.47. The van der Waals surface area contributed by atoms with Crippen molar-refractivity contribution in [3.63, 3.8) is 0 Å². The summed E-state index contributed by atoms with van der Waals surface area (Å²) < 4.78 is 0. The minimum absolute atomic E-state index is 0.947. The van der Waals surface area contributed by atoms with E-state index in [4.69, 9.17) is 0 Å². The maximum atomic E-state index is 4.51. The summed E-state index contributed by atoms with van der Waals surface area (Å²) in [6.45, 7) is 10.0. The van der Waals surface area contributed by atoms with Crippen LogP contribution in [0.15, 0.2) is 35.6 Å². The van der Waals surface area contributed by atoms with Crippen LogP contribution >= 0.6 is 0 Å². The van der Waals surface area contributed by atoms with Crippen LogP contribution in [-0.2, 0) is 0 Å². The van der Waals surface area contributed by atoms with Gasteiger partial charge in [-0.05, 0) is 49.6 Å². The second-order valence-electron chi connectivity index (χ2n) is 4.42. The van der Waals surface area contributed by atoms with Crippen LogP contribution in [0.4, 0.5) is 5.82 Å². The van der Waals surface area contributed by atoms with Crippen molar-refractivity contribution in [2.45, 2.75) is 20.8 Å². The van der Waals surface area contributed by atoms with Crippen LogP contribution in [0.1, 0.15) is 25.0 Å². The Labute approximate surface area is 110 Å². The lowest BCUT2D eigenvalue weighted by Gasteiger charge is -2.20. The van der Waals surface area contributed by atoms with Gasteiger partial charge in [0.1, 0.15) is 5.82 Å². The number of hydrogen-bond acceptors (Lipinski definition) is 3. The molecule has 0 bridgehead atoms. The van der Waals surface area contributed by atoms with E-state index in [-0.39, 0.29) is 0 Å². The number of aryl methyl sites for hydroxylation is 1. The van der Waals surface area contributed by atoms with Gasteiger partial charge in [0.2, 0.25) is 0 Å². The molecule has 96 valence electrons. The van der Waals surface area contributed by atoms with Crippen LogP contribution in [0, 0.1) is 6.92 Å². The van der Waals surface area contributed by atoms with Gasteiger partial charge in [-0.2, -0.15) is 0 Å². The third-order valence-corrected chi connectivity index (χ3v) is 2.87. The van der Waals surface area contributed by atoms with Crippen molar-refractivity contribution in [3.8, 4) is 0 Å². The molecule has 1 aromatic heterocycles. The molecule has 0 N–H and O–H groups in total. The number of pyridine rings is 1. The molecule has 0 radical (unpaired) electrons. The van der Waals surface area contributed by atoms with Gasteiger partial charge in [0.05, 0.1) is 0 Å². The summed E-state index contributed by atoms with van der Waals surface area (Å²) in [5.41, 5.74) is 4.38. The molecular weight excluding hydrogens is 222 g/mol. The lowest BCUT2D eigenvalue weighted by Crippen LogP contribution is -2.16.